The van der Waals surface area contributed by atoms with E-state index in [-0.39, 0.29) is 29.9 Å². The first-order valence-electron chi connectivity index (χ1n) is 9.83. The molecule has 0 saturated carbocycles. The number of hydrogen-bond donors (Lipinski definition) is 1. The first-order valence-corrected chi connectivity index (χ1v) is 10.2. The second kappa shape index (κ2) is 9.78. The molecule has 0 radical (unpaired) electrons. The molecule has 1 saturated heterocycles. The summed E-state index contributed by atoms with van der Waals surface area (Å²) in [5.74, 6) is -0.155. The lowest BCUT2D eigenvalue weighted by atomic mass is 10.1. The SMILES string of the molecule is CCC(C)Oc1c(Cl)cc(C=C2NC(=O)N(Cc3ccc(C(=O)OC)o3)C2=O)cc1OC. The molecule has 9 nitrogen and oxygen atoms in total. The number of rotatable bonds is 8. The van der Waals surface area contributed by atoms with E-state index in [1.54, 1.807) is 12.1 Å². The zero-order valence-corrected chi connectivity index (χ0v) is 18.8. The highest BCUT2D eigenvalue weighted by molar-refractivity contribution is 6.32. The van der Waals surface area contributed by atoms with Gasteiger partial charge >= 0.3 is 12.0 Å². The maximum Gasteiger partial charge on any atom is 0.373 e. The minimum atomic E-state index is -0.652. The normalized spacial score (nSPS) is 15.7. The lowest BCUT2D eigenvalue weighted by Gasteiger charge is -2.17. The lowest BCUT2D eigenvalue weighted by molar-refractivity contribution is -0.123. The Kier molecular flexibility index (Phi) is 7.09. The van der Waals surface area contributed by atoms with Gasteiger partial charge in [0.2, 0.25) is 5.76 Å². The Morgan fingerprint density at radius 1 is 1.28 bits per heavy atom. The van der Waals surface area contributed by atoms with Crippen LogP contribution in [-0.2, 0) is 16.1 Å². The topological polar surface area (TPSA) is 107 Å². The van der Waals surface area contributed by atoms with Gasteiger partial charge in [0.1, 0.15) is 11.5 Å². The monoisotopic (exact) mass is 462 g/mol. The van der Waals surface area contributed by atoms with Gasteiger partial charge in [0, 0.05) is 0 Å². The van der Waals surface area contributed by atoms with Crippen molar-refractivity contribution < 1.29 is 33.0 Å². The van der Waals surface area contributed by atoms with Crippen LogP contribution in [-0.4, -0.2) is 43.1 Å². The summed E-state index contributed by atoms with van der Waals surface area (Å²) in [5, 5.41) is 2.84. The van der Waals surface area contributed by atoms with Crippen LogP contribution in [0.1, 0.15) is 42.1 Å². The van der Waals surface area contributed by atoms with Gasteiger partial charge < -0.3 is 23.9 Å². The molecule has 1 aliphatic heterocycles. The molecule has 170 valence electrons. The number of urea groups is 1. The van der Waals surface area contributed by atoms with Crippen molar-refractivity contribution in [2.45, 2.75) is 32.9 Å². The Balaban J connectivity index is 1.81. The minimum Gasteiger partial charge on any atom is -0.493 e. The Hall–Kier alpha value is -3.46. The summed E-state index contributed by atoms with van der Waals surface area (Å²) < 4.78 is 21.1. The zero-order chi connectivity index (χ0) is 23.4. The van der Waals surface area contributed by atoms with Gasteiger partial charge in [-0.25, -0.2) is 9.59 Å². The molecule has 10 heteroatoms. The molecular weight excluding hydrogens is 440 g/mol. The molecule has 0 spiro atoms. The molecule has 3 rings (SSSR count). The van der Waals surface area contributed by atoms with Gasteiger partial charge in [0.15, 0.2) is 11.5 Å². The van der Waals surface area contributed by atoms with Crippen LogP contribution in [0.3, 0.4) is 0 Å². The first-order chi connectivity index (χ1) is 15.3. The highest BCUT2D eigenvalue weighted by Crippen LogP contribution is 2.38. The molecular formula is C22H23ClN2O7. The second-order valence-corrected chi connectivity index (χ2v) is 7.42. The number of nitrogens with zero attached hydrogens (tertiary/aromatic N) is 1. The van der Waals surface area contributed by atoms with Crippen molar-refractivity contribution in [1.82, 2.24) is 10.2 Å². The number of carbonyl (C=O) groups excluding carboxylic acids is 3. The van der Waals surface area contributed by atoms with E-state index in [4.69, 9.17) is 25.5 Å². The van der Waals surface area contributed by atoms with Gasteiger partial charge in [-0.05, 0) is 49.2 Å². The van der Waals surface area contributed by atoms with E-state index in [1.807, 2.05) is 13.8 Å². The smallest absolute Gasteiger partial charge is 0.373 e. The number of ether oxygens (including phenoxy) is 3. The van der Waals surface area contributed by atoms with Crippen LogP contribution >= 0.6 is 11.6 Å². The molecule has 1 aromatic carbocycles. The molecule has 1 unspecified atom stereocenters. The number of amides is 3. The van der Waals surface area contributed by atoms with E-state index >= 15 is 0 Å². The molecule has 2 heterocycles. The zero-order valence-electron chi connectivity index (χ0n) is 18.1. The van der Waals surface area contributed by atoms with Crippen LogP contribution in [0.25, 0.3) is 6.08 Å². The van der Waals surface area contributed by atoms with Crippen LogP contribution in [0.15, 0.2) is 34.4 Å². The molecule has 32 heavy (non-hydrogen) atoms. The molecule has 1 aliphatic rings. The Labute approximate surface area is 189 Å². The number of benzene rings is 1. The summed E-state index contributed by atoms with van der Waals surface area (Å²) in [6.45, 7) is 3.76. The third kappa shape index (κ3) is 4.88. The molecule has 2 aromatic rings. The predicted molar refractivity (Wildman–Crippen MR) is 115 cm³/mol. The van der Waals surface area contributed by atoms with E-state index < -0.39 is 17.9 Å². The van der Waals surface area contributed by atoms with Crippen LogP contribution in [0.4, 0.5) is 4.79 Å². The van der Waals surface area contributed by atoms with Crippen molar-refractivity contribution >= 4 is 35.6 Å². The van der Waals surface area contributed by atoms with Crippen LogP contribution in [0.5, 0.6) is 11.5 Å². The summed E-state index contributed by atoms with van der Waals surface area (Å²) in [4.78, 5) is 37.6. The van der Waals surface area contributed by atoms with Gasteiger partial charge in [0.25, 0.3) is 5.91 Å². The van der Waals surface area contributed by atoms with E-state index in [0.717, 1.165) is 11.3 Å². The van der Waals surface area contributed by atoms with Crippen molar-refractivity contribution in [3.8, 4) is 11.5 Å². The predicted octanol–water partition coefficient (Wildman–Crippen LogP) is 4.00. The fourth-order valence-corrected chi connectivity index (χ4v) is 3.20. The van der Waals surface area contributed by atoms with Crippen LogP contribution in [0.2, 0.25) is 5.02 Å². The summed E-state index contributed by atoms with van der Waals surface area (Å²) in [6, 6.07) is 5.56. The van der Waals surface area contributed by atoms with E-state index in [1.165, 1.54) is 32.4 Å². The third-order valence-corrected chi connectivity index (χ3v) is 5.06. The van der Waals surface area contributed by atoms with Gasteiger partial charge in [0.05, 0.1) is 31.9 Å². The molecule has 1 fully saturated rings. The number of esters is 1. The fraction of sp³-hybridized carbons (Fsp3) is 0.318. The van der Waals surface area contributed by atoms with Crippen molar-refractivity contribution in [2.75, 3.05) is 14.2 Å². The third-order valence-electron chi connectivity index (χ3n) is 4.78. The molecule has 0 bridgehead atoms. The maximum atomic E-state index is 12.8. The van der Waals surface area contributed by atoms with E-state index in [9.17, 15) is 14.4 Å². The minimum absolute atomic E-state index is 0.0215. The average molecular weight is 463 g/mol. The number of furan rings is 1. The molecule has 1 N–H and O–H groups in total. The van der Waals surface area contributed by atoms with Gasteiger partial charge in [-0.15, -0.1) is 0 Å². The largest absolute Gasteiger partial charge is 0.493 e. The van der Waals surface area contributed by atoms with Gasteiger partial charge in [-0.1, -0.05) is 18.5 Å². The molecule has 1 aromatic heterocycles. The number of halogens is 1. The number of hydrogen-bond acceptors (Lipinski definition) is 7. The number of methoxy groups -OCH3 is 2. The quantitative estimate of drug-likeness (QED) is 0.359. The summed E-state index contributed by atoms with van der Waals surface area (Å²) in [5.41, 5.74) is 0.600. The lowest BCUT2D eigenvalue weighted by Crippen LogP contribution is -2.30. The van der Waals surface area contributed by atoms with Crippen molar-refractivity contribution in [2.24, 2.45) is 0 Å². The Morgan fingerprint density at radius 2 is 2.03 bits per heavy atom. The molecule has 1 atom stereocenters. The Morgan fingerprint density at radius 3 is 2.69 bits per heavy atom. The average Bonchev–Trinajstić information content (AvgIpc) is 3.35. The second-order valence-electron chi connectivity index (χ2n) is 7.01. The summed E-state index contributed by atoms with van der Waals surface area (Å²) in [7, 11) is 2.71. The van der Waals surface area contributed by atoms with Gasteiger partial charge in [-0.2, -0.15) is 0 Å². The molecule has 0 aliphatic carbocycles. The first kappa shape index (κ1) is 23.2. The van der Waals surface area contributed by atoms with Crippen LogP contribution < -0.4 is 14.8 Å². The fourth-order valence-electron chi connectivity index (χ4n) is 2.93. The summed E-state index contributed by atoms with van der Waals surface area (Å²) in [6.07, 6.45) is 2.22. The highest BCUT2D eigenvalue weighted by Gasteiger charge is 2.34. The highest BCUT2D eigenvalue weighted by atomic mass is 35.5. The number of carbonyl (C=O) groups is 3. The maximum absolute atomic E-state index is 12.8. The number of imide groups is 1. The van der Waals surface area contributed by atoms with E-state index in [2.05, 4.69) is 10.1 Å². The van der Waals surface area contributed by atoms with Gasteiger partial charge in [-0.3, -0.25) is 9.69 Å². The summed E-state index contributed by atoms with van der Waals surface area (Å²) >= 11 is 6.37. The van der Waals surface area contributed by atoms with E-state index in [0.29, 0.717) is 22.1 Å². The standard InChI is InChI=1S/C22H23ClN2O7/c1-5-12(2)31-19-15(23)8-13(10-18(19)29-3)9-16-20(26)25(22(28)24-16)11-14-6-7-17(32-14)21(27)30-4/h6-10,12H,5,11H2,1-4H3,(H,24,28). The van der Waals surface area contributed by atoms with Crippen LogP contribution in [0, 0.1) is 0 Å². The van der Waals surface area contributed by atoms with Crippen molar-refractivity contribution in [3.63, 3.8) is 0 Å². The molecule has 3 amide bonds. The number of nitrogens with one attached hydrogen (secondary N) is 1. The van der Waals surface area contributed by atoms with Crippen molar-refractivity contribution in [3.05, 3.63) is 52.1 Å². The Bertz CT molecular complexity index is 1080. The van der Waals surface area contributed by atoms with Crippen molar-refractivity contribution in [1.29, 1.82) is 0 Å².